The molecular formula is C18H18FNO. The second-order valence-electron chi connectivity index (χ2n) is 5.19. The van der Waals surface area contributed by atoms with Gasteiger partial charge in [-0.2, -0.15) is 0 Å². The molecule has 21 heavy (non-hydrogen) atoms. The molecule has 0 bridgehead atoms. The molecule has 3 aromatic rings. The first-order chi connectivity index (χ1) is 10.2. The first-order valence-corrected chi connectivity index (χ1v) is 7.17. The molecule has 0 unspecified atom stereocenters. The summed E-state index contributed by atoms with van der Waals surface area (Å²) in [6.07, 6.45) is 0. The summed E-state index contributed by atoms with van der Waals surface area (Å²) in [6, 6.07) is 13.2. The summed E-state index contributed by atoms with van der Waals surface area (Å²) in [4.78, 5) is 0. The van der Waals surface area contributed by atoms with Gasteiger partial charge in [-0.25, -0.2) is 4.39 Å². The third-order valence-electron chi connectivity index (χ3n) is 3.64. The van der Waals surface area contributed by atoms with Gasteiger partial charge in [0, 0.05) is 23.1 Å². The van der Waals surface area contributed by atoms with Gasteiger partial charge in [0.1, 0.15) is 17.2 Å². The Labute approximate surface area is 123 Å². The second-order valence-corrected chi connectivity index (χ2v) is 5.19. The third kappa shape index (κ3) is 2.69. The molecule has 0 atom stereocenters. The van der Waals surface area contributed by atoms with Gasteiger partial charge in [0.15, 0.2) is 0 Å². The second kappa shape index (κ2) is 5.70. The number of hydrogen-bond acceptors (Lipinski definition) is 2. The Kier molecular flexibility index (Phi) is 3.76. The normalized spacial score (nSPS) is 11.2. The minimum atomic E-state index is -0.203. The highest BCUT2D eigenvalue weighted by Crippen LogP contribution is 2.30. The van der Waals surface area contributed by atoms with Crippen LogP contribution in [0.2, 0.25) is 0 Å². The van der Waals surface area contributed by atoms with Crippen LogP contribution in [0.25, 0.3) is 22.3 Å². The van der Waals surface area contributed by atoms with E-state index in [1.54, 1.807) is 6.07 Å². The number of para-hydroxylation sites is 1. The number of fused-ring (bicyclic) bond motifs is 1. The molecular weight excluding hydrogens is 265 g/mol. The van der Waals surface area contributed by atoms with E-state index in [4.69, 9.17) is 4.42 Å². The highest BCUT2D eigenvalue weighted by molar-refractivity contribution is 5.85. The number of nitrogens with one attached hydrogen (secondary N) is 1. The van der Waals surface area contributed by atoms with Crippen molar-refractivity contribution in [3.63, 3.8) is 0 Å². The maximum absolute atomic E-state index is 14.1. The molecule has 0 fully saturated rings. The van der Waals surface area contributed by atoms with Gasteiger partial charge in [-0.1, -0.05) is 37.3 Å². The van der Waals surface area contributed by atoms with Crippen LogP contribution >= 0.6 is 0 Å². The molecule has 0 saturated carbocycles. The molecule has 0 aliphatic rings. The Morgan fingerprint density at radius 2 is 2.00 bits per heavy atom. The minimum absolute atomic E-state index is 0.203. The SMILES string of the molecule is CCNCc1ccc(-c2cc3cccc(C)c3o2)cc1F. The zero-order valence-electron chi connectivity index (χ0n) is 12.2. The molecule has 0 radical (unpaired) electrons. The number of halogens is 1. The average molecular weight is 283 g/mol. The van der Waals surface area contributed by atoms with Gasteiger partial charge in [0.05, 0.1) is 0 Å². The van der Waals surface area contributed by atoms with E-state index in [2.05, 4.69) is 5.32 Å². The zero-order chi connectivity index (χ0) is 14.8. The van der Waals surface area contributed by atoms with Gasteiger partial charge in [-0.3, -0.25) is 0 Å². The highest BCUT2D eigenvalue weighted by Gasteiger charge is 2.10. The van der Waals surface area contributed by atoms with Crippen LogP contribution in [0.5, 0.6) is 0 Å². The standard InChI is InChI=1S/C18H18FNO/c1-3-20-11-15-8-7-13(9-16(15)19)17-10-14-6-4-5-12(2)18(14)21-17/h4-10,20H,3,11H2,1-2H3. The van der Waals surface area contributed by atoms with Crippen molar-refractivity contribution in [1.82, 2.24) is 5.32 Å². The Balaban J connectivity index is 1.98. The van der Waals surface area contributed by atoms with Crippen molar-refractivity contribution in [2.45, 2.75) is 20.4 Å². The van der Waals surface area contributed by atoms with Gasteiger partial charge in [-0.05, 0) is 31.2 Å². The van der Waals surface area contributed by atoms with Crippen molar-refractivity contribution in [1.29, 1.82) is 0 Å². The molecule has 3 rings (SSSR count). The van der Waals surface area contributed by atoms with Gasteiger partial charge in [0.25, 0.3) is 0 Å². The van der Waals surface area contributed by atoms with Crippen LogP contribution in [0.1, 0.15) is 18.1 Å². The first-order valence-electron chi connectivity index (χ1n) is 7.17. The van der Waals surface area contributed by atoms with E-state index < -0.39 is 0 Å². The smallest absolute Gasteiger partial charge is 0.137 e. The number of hydrogen-bond donors (Lipinski definition) is 1. The molecule has 0 saturated heterocycles. The van der Waals surface area contributed by atoms with E-state index >= 15 is 0 Å². The van der Waals surface area contributed by atoms with Crippen molar-refractivity contribution in [3.8, 4) is 11.3 Å². The van der Waals surface area contributed by atoms with E-state index in [0.717, 1.165) is 28.6 Å². The highest BCUT2D eigenvalue weighted by atomic mass is 19.1. The topological polar surface area (TPSA) is 25.2 Å². The van der Waals surface area contributed by atoms with Gasteiger partial charge in [-0.15, -0.1) is 0 Å². The molecule has 2 aromatic carbocycles. The molecule has 1 heterocycles. The fourth-order valence-electron chi connectivity index (χ4n) is 2.45. The summed E-state index contributed by atoms with van der Waals surface area (Å²) in [6.45, 7) is 5.38. The predicted molar refractivity (Wildman–Crippen MR) is 83.7 cm³/mol. The minimum Gasteiger partial charge on any atom is -0.456 e. The summed E-state index contributed by atoms with van der Waals surface area (Å²) in [5.41, 5.74) is 3.39. The van der Waals surface area contributed by atoms with Crippen LogP contribution < -0.4 is 5.32 Å². The van der Waals surface area contributed by atoms with E-state index in [0.29, 0.717) is 17.9 Å². The summed E-state index contributed by atoms with van der Waals surface area (Å²) < 4.78 is 20.0. The fourth-order valence-corrected chi connectivity index (χ4v) is 2.45. The molecule has 0 aliphatic carbocycles. The lowest BCUT2D eigenvalue weighted by molar-refractivity contribution is 0.590. The predicted octanol–water partition coefficient (Wildman–Crippen LogP) is 4.66. The summed E-state index contributed by atoms with van der Waals surface area (Å²) in [7, 11) is 0. The van der Waals surface area contributed by atoms with E-state index in [1.807, 2.05) is 50.2 Å². The molecule has 0 spiro atoms. The number of benzene rings is 2. The van der Waals surface area contributed by atoms with Crippen LogP contribution in [0, 0.1) is 12.7 Å². The Hall–Kier alpha value is -2.13. The summed E-state index contributed by atoms with van der Waals surface area (Å²) in [5.74, 6) is 0.499. The number of furan rings is 1. The van der Waals surface area contributed by atoms with Crippen molar-refractivity contribution >= 4 is 11.0 Å². The van der Waals surface area contributed by atoms with Gasteiger partial charge < -0.3 is 9.73 Å². The number of rotatable bonds is 4. The molecule has 0 aliphatic heterocycles. The van der Waals surface area contributed by atoms with E-state index in [9.17, 15) is 4.39 Å². The zero-order valence-corrected chi connectivity index (χ0v) is 12.2. The third-order valence-corrected chi connectivity index (χ3v) is 3.64. The van der Waals surface area contributed by atoms with Crippen LogP contribution in [-0.4, -0.2) is 6.54 Å². The number of aryl methyl sites for hydroxylation is 1. The quantitative estimate of drug-likeness (QED) is 0.753. The van der Waals surface area contributed by atoms with Crippen molar-refractivity contribution in [3.05, 3.63) is 59.4 Å². The lowest BCUT2D eigenvalue weighted by atomic mass is 10.1. The van der Waals surface area contributed by atoms with Crippen molar-refractivity contribution in [2.75, 3.05) is 6.54 Å². The maximum atomic E-state index is 14.1. The molecule has 0 amide bonds. The lowest BCUT2D eigenvalue weighted by Gasteiger charge is -2.05. The monoisotopic (exact) mass is 283 g/mol. The largest absolute Gasteiger partial charge is 0.456 e. The average Bonchev–Trinajstić information content (AvgIpc) is 2.91. The van der Waals surface area contributed by atoms with Gasteiger partial charge >= 0.3 is 0 Å². The van der Waals surface area contributed by atoms with E-state index in [1.165, 1.54) is 0 Å². The molecule has 1 aromatic heterocycles. The van der Waals surface area contributed by atoms with Crippen LogP contribution in [-0.2, 0) is 6.54 Å². The summed E-state index contributed by atoms with van der Waals surface area (Å²) in [5, 5.41) is 4.17. The molecule has 1 N–H and O–H groups in total. The maximum Gasteiger partial charge on any atom is 0.137 e. The molecule has 2 nitrogen and oxygen atoms in total. The Morgan fingerprint density at radius 1 is 1.14 bits per heavy atom. The van der Waals surface area contributed by atoms with Crippen molar-refractivity contribution < 1.29 is 8.81 Å². The lowest BCUT2D eigenvalue weighted by Crippen LogP contribution is -2.12. The summed E-state index contributed by atoms with van der Waals surface area (Å²) >= 11 is 0. The first kappa shape index (κ1) is 13.8. The van der Waals surface area contributed by atoms with Crippen LogP contribution in [0.4, 0.5) is 4.39 Å². The van der Waals surface area contributed by atoms with Crippen LogP contribution in [0.3, 0.4) is 0 Å². The van der Waals surface area contributed by atoms with Crippen molar-refractivity contribution in [2.24, 2.45) is 0 Å². The van der Waals surface area contributed by atoms with Gasteiger partial charge in [0.2, 0.25) is 0 Å². The molecule has 3 heteroatoms. The van der Waals surface area contributed by atoms with Crippen LogP contribution in [0.15, 0.2) is 46.9 Å². The Bertz CT molecular complexity index is 776. The van der Waals surface area contributed by atoms with E-state index in [-0.39, 0.29) is 5.82 Å². The molecule has 108 valence electrons. The fraction of sp³-hybridized carbons (Fsp3) is 0.222. The Morgan fingerprint density at radius 3 is 2.71 bits per heavy atom.